The number of alkyl halides is 1. The van der Waals surface area contributed by atoms with E-state index in [1.54, 1.807) is 0 Å². The number of hydrogen-bond donors (Lipinski definition) is 0. The van der Waals surface area contributed by atoms with Gasteiger partial charge in [0.1, 0.15) is 0 Å². The molecule has 0 N–H and O–H groups in total. The maximum Gasteiger partial charge on any atom is 0.232 e. The van der Waals surface area contributed by atoms with Crippen molar-refractivity contribution in [3.8, 4) is 0 Å². The average molecular weight is 187 g/mol. The van der Waals surface area contributed by atoms with Crippen LogP contribution >= 0.6 is 10.7 Å². The van der Waals surface area contributed by atoms with Gasteiger partial charge in [0, 0.05) is 10.7 Å². The summed E-state index contributed by atoms with van der Waals surface area (Å²) in [6.07, 6.45) is 0.669. The van der Waals surface area contributed by atoms with Gasteiger partial charge in [-0.1, -0.05) is 0 Å². The van der Waals surface area contributed by atoms with Gasteiger partial charge in [-0.2, -0.15) is 0 Å². The number of halogens is 2. The van der Waals surface area contributed by atoms with Crippen LogP contribution in [0.25, 0.3) is 0 Å². The highest BCUT2D eigenvalue weighted by atomic mass is 35.7. The van der Waals surface area contributed by atoms with Gasteiger partial charge in [0.25, 0.3) is 0 Å². The Balaban J connectivity index is 2.31. The van der Waals surface area contributed by atoms with Gasteiger partial charge in [-0.15, -0.1) is 0 Å². The van der Waals surface area contributed by atoms with E-state index in [0.29, 0.717) is 6.42 Å². The van der Waals surface area contributed by atoms with Gasteiger partial charge in [-0.3, -0.25) is 4.39 Å². The molecule has 0 heterocycles. The fourth-order valence-corrected chi connectivity index (χ4v) is 2.36. The molecule has 0 aromatic carbocycles. The van der Waals surface area contributed by atoms with E-state index in [0.717, 1.165) is 0 Å². The van der Waals surface area contributed by atoms with E-state index in [-0.39, 0.29) is 17.6 Å². The topological polar surface area (TPSA) is 34.1 Å². The van der Waals surface area contributed by atoms with Crippen molar-refractivity contribution in [3.63, 3.8) is 0 Å². The Morgan fingerprint density at radius 3 is 2.40 bits per heavy atom. The largest absolute Gasteiger partial charge is 0.251 e. The van der Waals surface area contributed by atoms with E-state index in [4.69, 9.17) is 10.7 Å². The van der Waals surface area contributed by atoms with Crippen LogP contribution in [0.15, 0.2) is 0 Å². The highest BCUT2D eigenvalue weighted by molar-refractivity contribution is 8.13. The van der Waals surface area contributed by atoms with Crippen LogP contribution in [0.5, 0.6) is 0 Å². The summed E-state index contributed by atoms with van der Waals surface area (Å²) in [5.41, 5.74) is 0. The standard InChI is InChI=1S/C5H8ClFO2S/c6-10(8,9)3-5-1-4(5)2-7/h4-5H,1-3H2. The summed E-state index contributed by atoms with van der Waals surface area (Å²) >= 11 is 0. The molecular weight excluding hydrogens is 179 g/mol. The molecule has 0 aromatic rings. The van der Waals surface area contributed by atoms with Crippen LogP contribution in [0.4, 0.5) is 4.39 Å². The molecule has 60 valence electrons. The third-order valence-electron chi connectivity index (χ3n) is 1.68. The first-order valence-electron chi connectivity index (χ1n) is 3.01. The second-order valence-electron chi connectivity index (χ2n) is 2.62. The molecule has 1 aliphatic carbocycles. The first kappa shape index (κ1) is 8.27. The zero-order valence-corrected chi connectivity index (χ0v) is 6.83. The summed E-state index contributed by atoms with van der Waals surface area (Å²) in [5.74, 6) is -0.135. The number of hydrogen-bond acceptors (Lipinski definition) is 2. The van der Waals surface area contributed by atoms with E-state index in [9.17, 15) is 12.8 Å². The van der Waals surface area contributed by atoms with Crippen molar-refractivity contribution in [2.75, 3.05) is 12.4 Å². The van der Waals surface area contributed by atoms with Gasteiger partial charge in [-0.25, -0.2) is 8.42 Å². The van der Waals surface area contributed by atoms with E-state index in [1.165, 1.54) is 0 Å². The molecule has 0 bridgehead atoms. The second-order valence-corrected chi connectivity index (χ2v) is 5.44. The van der Waals surface area contributed by atoms with Crippen LogP contribution in [-0.4, -0.2) is 20.8 Å². The summed E-state index contributed by atoms with van der Waals surface area (Å²) in [6.45, 7) is -0.420. The zero-order chi connectivity index (χ0) is 7.78. The van der Waals surface area contributed by atoms with Gasteiger partial charge in [-0.05, 0) is 18.3 Å². The third-order valence-corrected chi connectivity index (χ3v) is 2.88. The third kappa shape index (κ3) is 2.42. The lowest BCUT2D eigenvalue weighted by atomic mass is 10.4. The van der Waals surface area contributed by atoms with Gasteiger partial charge in [0.05, 0.1) is 12.4 Å². The van der Waals surface area contributed by atoms with Crippen molar-refractivity contribution in [2.24, 2.45) is 11.8 Å². The summed E-state index contributed by atoms with van der Waals surface area (Å²) in [4.78, 5) is 0. The van der Waals surface area contributed by atoms with E-state index in [1.807, 2.05) is 0 Å². The van der Waals surface area contributed by atoms with Crippen LogP contribution in [0.1, 0.15) is 6.42 Å². The van der Waals surface area contributed by atoms with Crippen LogP contribution < -0.4 is 0 Å². The smallest absolute Gasteiger partial charge is 0.232 e. The maximum absolute atomic E-state index is 11.8. The predicted octanol–water partition coefficient (Wildman–Crippen LogP) is 1.16. The molecule has 5 heteroatoms. The van der Waals surface area contributed by atoms with Crippen molar-refractivity contribution in [1.82, 2.24) is 0 Å². The fourth-order valence-electron chi connectivity index (χ4n) is 0.959. The van der Waals surface area contributed by atoms with Crippen LogP contribution in [0.3, 0.4) is 0 Å². The van der Waals surface area contributed by atoms with Crippen LogP contribution in [-0.2, 0) is 9.05 Å². The lowest BCUT2D eigenvalue weighted by Crippen LogP contribution is -2.01. The van der Waals surface area contributed by atoms with E-state index >= 15 is 0 Å². The normalized spacial score (nSPS) is 32.2. The molecule has 0 saturated heterocycles. The molecule has 10 heavy (non-hydrogen) atoms. The molecule has 2 atom stereocenters. The Hall–Kier alpha value is 0.170. The molecule has 1 rings (SSSR count). The number of rotatable bonds is 3. The van der Waals surface area contributed by atoms with Crippen molar-refractivity contribution >= 4 is 19.7 Å². The lowest BCUT2D eigenvalue weighted by molar-refractivity contribution is 0.444. The predicted molar refractivity (Wildman–Crippen MR) is 37.2 cm³/mol. The van der Waals surface area contributed by atoms with Crippen molar-refractivity contribution in [2.45, 2.75) is 6.42 Å². The maximum atomic E-state index is 11.8. The Bertz CT molecular complexity index is 214. The second kappa shape index (κ2) is 2.66. The van der Waals surface area contributed by atoms with Gasteiger partial charge < -0.3 is 0 Å². The first-order valence-corrected chi connectivity index (χ1v) is 5.49. The minimum Gasteiger partial charge on any atom is -0.251 e. The molecular formula is C5H8ClFO2S. The zero-order valence-electron chi connectivity index (χ0n) is 5.26. The van der Waals surface area contributed by atoms with Crippen molar-refractivity contribution in [1.29, 1.82) is 0 Å². The van der Waals surface area contributed by atoms with Gasteiger partial charge in [0.15, 0.2) is 0 Å². The molecule has 2 unspecified atom stereocenters. The SMILES string of the molecule is O=S(=O)(Cl)CC1CC1CF. The highest BCUT2D eigenvalue weighted by Crippen LogP contribution is 2.40. The average Bonchev–Trinajstić information content (AvgIpc) is 2.42. The molecule has 1 fully saturated rings. The Kier molecular flexibility index (Phi) is 2.20. The molecule has 2 nitrogen and oxygen atoms in total. The van der Waals surface area contributed by atoms with Gasteiger partial charge >= 0.3 is 0 Å². The fraction of sp³-hybridized carbons (Fsp3) is 1.00. The molecule has 0 spiro atoms. The summed E-state index contributed by atoms with van der Waals surface area (Å²) in [5, 5.41) is 0. The Morgan fingerprint density at radius 2 is 2.10 bits per heavy atom. The highest BCUT2D eigenvalue weighted by Gasteiger charge is 2.39. The van der Waals surface area contributed by atoms with Crippen LogP contribution in [0.2, 0.25) is 0 Å². The minimum absolute atomic E-state index is 0.0208. The first-order chi connectivity index (χ1) is 4.53. The van der Waals surface area contributed by atoms with Crippen molar-refractivity contribution < 1.29 is 12.8 Å². The quantitative estimate of drug-likeness (QED) is 0.620. The molecule has 0 aromatic heterocycles. The Labute approximate surface area is 63.8 Å². The van der Waals surface area contributed by atoms with Crippen molar-refractivity contribution in [3.05, 3.63) is 0 Å². The molecule has 1 saturated carbocycles. The summed E-state index contributed by atoms with van der Waals surface area (Å²) < 4.78 is 32.5. The lowest BCUT2D eigenvalue weighted by Gasteiger charge is -1.90. The summed E-state index contributed by atoms with van der Waals surface area (Å²) in [6, 6.07) is 0. The summed E-state index contributed by atoms with van der Waals surface area (Å²) in [7, 11) is 1.54. The molecule has 0 radical (unpaired) electrons. The monoisotopic (exact) mass is 186 g/mol. The van der Waals surface area contributed by atoms with E-state index < -0.39 is 15.7 Å². The molecule has 1 aliphatic rings. The van der Waals surface area contributed by atoms with E-state index in [2.05, 4.69) is 0 Å². The minimum atomic E-state index is -3.40. The molecule has 0 amide bonds. The Morgan fingerprint density at radius 1 is 1.50 bits per heavy atom. The van der Waals surface area contributed by atoms with Crippen LogP contribution in [0, 0.1) is 11.8 Å². The molecule has 0 aliphatic heterocycles. The van der Waals surface area contributed by atoms with Gasteiger partial charge in [0.2, 0.25) is 9.05 Å².